The minimum atomic E-state index is 0.377. The van der Waals surface area contributed by atoms with E-state index in [1.54, 1.807) is 7.11 Å². The van der Waals surface area contributed by atoms with Crippen molar-refractivity contribution in [2.24, 2.45) is 0 Å². The Morgan fingerprint density at radius 1 is 1.38 bits per heavy atom. The van der Waals surface area contributed by atoms with Crippen LogP contribution >= 0.6 is 0 Å². The zero-order valence-corrected chi connectivity index (χ0v) is 7.90. The molecular formula is C10H15NO2. The molecule has 3 heteroatoms. The van der Waals surface area contributed by atoms with Gasteiger partial charge in [0.2, 0.25) is 0 Å². The van der Waals surface area contributed by atoms with Gasteiger partial charge in [0.05, 0.1) is 0 Å². The largest absolute Gasteiger partial charge is 0.359 e. The molecule has 0 N–H and O–H groups in total. The van der Waals surface area contributed by atoms with Crippen LogP contribution in [-0.2, 0) is 15.9 Å². The topological polar surface area (TPSA) is 31.4 Å². The van der Waals surface area contributed by atoms with Gasteiger partial charge in [-0.15, -0.1) is 0 Å². The van der Waals surface area contributed by atoms with Gasteiger partial charge in [-0.05, 0) is 25.0 Å². The van der Waals surface area contributed by atoms with Crippen molar-refractivity contribution in [3.63, 3.8) is 0 Å². The van der Waals surface area contributed by atoms with Crippen molar-refractivity contribution in [3.05, 3.63) is 30.1 Å². The summed E-state index contributed by atoms with van der Waals surface area (Å²) in [5.41, 5.74) is 1.11. The molecule has 0 aromatic carbocycles. The van der Waals surface area contributed by atoms with Crippen molar-refractivity contribution >= 4 is 0 Å². The van der Waals surface area contributed by atoms with Crippen LogP contribution in [-0.4, -0.2) is 25.5 Å². The Labute approximate surface area is 78.7 Å². The quantitative estimate of drug-likeness (QED) is 0.494. The van der Waals surface area contributed by atoms with Crippen LogP contribution in [0, 0.1) is 0 Å². The Morgan fingerprint density at radius 2 is 2.31 bits per heavy atom. The maximum atomic E-state index is 5.15. The van der Waals surface area contributed by atoms with Crippen molar-refractivity contribution < 1.29 is 9.47 Å². The van der Waals surface area contributed by atoms with Gasteiger partial charge in [0.25, 0.3) is 0 Å². The summed E-state index contributed by atoms with van der Waals surface area (Å²) in [5, 5.41) is 0. The summed E-state index contributed by atoms with van der Waals surface area (Å²) in [7, 11) is 1.62. The lowest BCUT2D eigenvalue weighted by Crippen LogP contribution is -2.00. The number of methoxy groups -OCH3 is 1. The fourth-order valence-electron chi connectivity index (χ4n) is 1.04. The van der Waals surface area contributed by atoms with Crippen LogP contribution in [0.15, 0.2) is 24.4 Å². The maximum Gasteiger partial charge on any atom is 0.146 e. The first-order valence-electron chi connectivity index (χ1n) is 4.40. The molecule has 1 aromatic rings. The molecule has 0 saturated heterocycles. The van der Waals surface area contributed by atoms with Crippen molar-refractivity contribution in [2.45, 2.75) is 12.8 Å². The lowest BCUT2D eigenvalue weighted by molar-refractivity contribution is -0.0310. The first-order valence-corrected chi connectivity index (χ1v) is 4.40. The fraction of sp³-hybridized carbons (Fsp3) is 0.500. The molecule has 0 amide bonds. The lowest BCUT2D eigenvalue weighted by Gasteiger charge is -2.01. The van der Waals surface area contributed by atoms with E-state index in [1.807, 2.05) is 24.4 Å². The predicted octanol–water partition coefficient (Wildman–Crippen LogP) is 1.63. The molecule has 0 aliphatic rings. The van der Waals surface area contributed by atoms with Crippen LogP contribution in [0.5, 0.6) is 0 Å². The molecule has 0 fully saturated rings. The van der Waals surface area contributed by atoms with E-state index in [-0.39, 0.29) is 0 Å². The van der Waals surface area contributed by atoms with Gasteiger partial charge >= 0.3 is 0 Å². The second-order valence-electron chi connectivity index (χ2n) is 2.74. The SMILES string of the molecule is COCOCCCc1ccccn1. The molecule has 0 aliphatic heterocycles. The van der Waals surface area contributed by atoms with E-state index in [9.17, 15) is 0 Å². The van der Waals surface area contributed by atoms with Gasteiger partial charge < -0.3 is 9.47 Å². The molecule has 0 atom stereocenters. The minimum Gasteiger partial charge on any atom is -0.359 e. The zero-order chi connectivity index (χ0) is 9.36. The van der Waals surface area contributed by atoms with E-state index in [4.69, 9.17) is 9.47 Å². The van der Waals surface area contributed by atoms with Gasteiger partial charge in [-0.25, -0.2) is 0 Å². The average Bonchev–Trinajstić information content (AvgIpc) is 2.19. The highest BCUT2D eigenvalue weighted by Gasteiger charge is 1.92. The third-order valence-electron chi connectivity index (χ3n) is 1.65. The number of pyridine rings is 1. The van der Waals surface area contributed by atoms with Crippen molar-refractivity contribution in [3.8, 4) is 0 Å². The Bertz CT molecular complexity index is 213. The van der Waals surface area contributed by atoms with Crippen LogP contribution in [0.1, 0.15) is 12.1 Å². The molecule has 0 radical (unpaired) electrons. The molecule has 0 aliphatic carbocycles. The second kappa shape index (κ2) is 6.57. The van der Waals surface area contributed by atoms with Crippen LogP contribution in [0.2, 0.25) is 0 Å². The average molecular weight is 181 g/mol. The monoisotopic (exact) mass is 181 g/mol. The molecule has 1 heterocycles. The van der Waals surface area contributed by atoms with Gasteiger partial charge in [0.15, 0.2) is 0 Å². The summed E-state index contributed by atoms with van der Waals surface area (Å²) < 4.78 is 9.91. The Balaban J connectivity index is 2.07. The van der Waals surface area contributed by atoms with E-state index in [0.29, 0.717) is 6.79 Å². The molecule has 72 valence electrons. The summed E-state index contributed by atoms with van der Waals surface area (Å²) in [4.78, 5) is 4.21. The number of aromatic nitrogens is 1. The van der Waals surface area contributed by atoms with Crippen LogP contribution in [0.3, 0.4) is 0 Å². The number of rotatable bonds is 6. The number of ether oxygens (including phenoxy) is 2. The lowest BCUT2D eigenvalue weighted by atomic mass is 10.2. The van der Waals surface area contributed by atoms with E-state index in [1.165, 1.54) is 0 Å². The molecule has 1 rings (SSSR count). The first-order chi connectivity index (χ1) is 6.43. The minimum absolute atomic E-state index is 0.377. The van der Waals surface area contributed by atoms with E-state index >= 15 is 0 Å². The molecule has 1 aromatic heterocycles. The molecule has 0 bridgehead atoms. The highest BCUT2D eigenvalue weighted by atomic mass is 16.7. The summed E-state index contributed by atoms with van der Waals surface area (Å²) >= 11 is 0. The summed E-state index contributed by atoms with van der Waals surface area (Å²) in [5.74, 6) is 0. The Hall–Kier alpha value is -0.930. The molecule has 0 saturated carbocycles. The van der Waals surface area contributed by atoms with E-state index in [0.717, 1.165) is 25.1 Å². The van der Waals surface area contributed by atoms with Gasteiger partial charge in [-0.1, -0.05) is 6.07 Å². The van der Waals surface area contributed by atoms with Gasteiger partial charge in [0.1, 0.15) is 6.79 Å². The van der Waals surface area contributed by atoms with Crippen molar-refractivity contribution in [2.75, 3.05) is 20.5 Å². The first kappa shape index (κ1) is 10.2. The van der Waals surface area contributed by atoms with Crippen LogP contribution < -0.4 is 0 Å². The van der Waals surface area contributed by atoms with Gasteiger partial charge in [0, 0.05) is 25.6 Å². The van der Waals surface area contributed by atoms with Crippen molar-refractivity contribution in [1.29, 1.82) is 0 Å². The summed E-state index contributed by atoms with van der Waals surface area (Å²) in [6.07, 6.45) is 3.76. The van der Waals surface area contributed by atoms with E-state index in [2.05, 4.69) is 4.98 Å². The molecule has 3 nitrogen and oxygen atoms in total. The standard InChI is InChI=1S/C10H15NO2/c1-12-9-13-8-4-6-10-5-2-3-7-11-10/h2-3,5,7H,4,6,8-9H2,1H3. The van der Waals surface area contributed by atoms with Crippen LogP contribution in [0.4, 0.5) is 0 Å². The Morgan fingerprint density at radius 3 is 3.00 bits per heavy atom. The summed E-state index contributed by atoms with van der Waals surface area (Å²) in [6.45, 7) is 1.10. The highest BCUT2D eigenvalue weighted by Crippen LogP contribution is 1.98. The number of nitrogens with zero attached hydrogens (tertiary/aromatic N) is 1. The molecule has 0 spiro atoms. The summed E-state index contributed by atoms with van der Waals surface area (Å²) in [6, 6.07) is 5.94. The highest BCUT2D eigenvalue weighted by molar-refractivity contribution is 5.03. The third-order valence-corrected chi connectivity index (χ3v) is 1.65. The van der Waals surface area contributed by atoms with E-state index < -0.39 is 0 Å². The Kier molecular flexibility index (Phi) is 5.13. The maximum absolute atomic E-state index is 5.15. The zero-order valence-electron chi connectivity index (χ0n) is 7.90. The molecule has 0 unspecified atom stereocenters. The third kappa shape index (κ3) is 4.60. The molecular weight excluding hydrogens is 166 g/mol. The second-order valence-corrected chi connectivity index (χ2v) is 2.74. The predicted molar refractivity (Wildman–Crippen MR) is 50.4 cm³/mol. The fourth-order valence-corrected chi connectivity index (χ4v) is 1.04. The van der Waals surface area contributed by atoms with Gasteiger partial charge in [-0.2, -0.15) is 0 Å². The van der Waals surface area contributed by atoms with Crippen molar-refractivity contribution in [1.82, 2.24) is 4.98 Å². The number of aryl methyl sites for hydroxylation is 1. The number of hydrogen-bond donors (Lipinski definition) is 0. The van der Waals surface area contributed by atoms with Crippen LogP contribution in [0.25, 0.3) is 0 Å². The number of hydrogen-bond acceptors (Lipinski definition) is 3. The van der Waals surface area contributed by atoms with Gasteiger partial charge in [-0.3, -0.25) is 4.98 Å². The smallest absolute Gasteiger partial charge is 0.146 e. The normalized spacial score (nSPS) is 10.2. The molecule has 13 heavy (non-hydrogen) atoms.